The maximum Gasteiger partial charge on any atom is 0.269 e. The first-order valence-corrected chi connectivity index (χ1v) is 11.6. The third-order valence-electron chi connectivity index (χ3n) is 5.67. The average molecular weight is 440 g/mol. The molecule has 2 N–H and O–H groups in total. The Bertz CT molecular complexity index is 1140. The predicted molar refractivity (Wildman–Crippen MR) is 121 cm³/mol. The number of aromatic amines is 1. The topological polar surface area (TPSA) is 114 Å². The first-order chi connectivity index (χ1) is 15.0. The van der Waals surface area contributed by atoms with E-state index in [0.717, 1.165) is 31.6 Å². The molecule has 4 heterocycles. The van der Waals surface area contributed by atoms with Crippen molar-refractivity contribution in [2.24, 2.45) is 0 Å². The van der Waals surface area contributed by atoms with Gasteiger partial charge in [0.15, 0.2) is 4.90 Å². The van der Waals surface area contributed by atoms with Crippen molar-refractivity contribution in [2.75, 3.05) is 25.0 Å². The molecule has 1 fully saturated rings. The first-order valence-electron chi connectivity index (χ1n) is 10.4. The fourth-order valence-electron chi connectivity index (χ4n) is 3.83. The van der Waals surface area contributed by atoms with E-state index < -0.39 is 11.2 Å². The molecule has 31 heavy (non-hydrogen) atoms. The molecule has 0 spiro atoms. The van der Waals surface area contributed by atoms with E-state index in [1.807, 2.05) is 13.0 Å². The van der Waals surface area contributed by atoms with E-state index in [9.17, 15) is 14.1 Å². The summed E-state index contributed by atoms with van der Waals surface area (Å²) in [6.07, 6.45) is 5.55. The summed E-state index contributed by atoms with van der Waals surface area (Å²) in [5.74, 6) is -0.211. The Morgan fingerprint density at radius 2 is 2.03 bits per heavy atom. The monoisotopic (exact) mass is 439 g/mol. The highest BCUT2D eigenvalue weighted by Gasteiger charge is 2.30. The molecule has 0 saturated carbocycles. The summed E-state index contributed by atoms with van der Waals surface area (Å²) < 4.78 is 13.2. The number of H-pyrrole nitrogens is 1. The number of aryl methyl sites for hydroxylation is 1. The van der Waals surface area contributed by atoms with Crippen LogP contribution in [0.25, 0.3) is 11.0 Å². The molecule has 0 aromatic carbocycles. The van der Waals surface area contributed by atoms with E-state index in [4.69, 9.17) is 0 Å². The van der Waals surface area contributed by atoms with Crippen molar-refractivity contribution in [3.8, 4) is 0 Å². The van der Waals surface area contributed by atoms with E-state index in [1.54, 1.807) is 37.6 Å². The highest BCUT2D eigenvalue weighted by atomic mass is 32.2. The maximum atomic E-state index is 13.2. The van der Waals surface area contributed by atoms with Gasteiger partial charge in [-0.25, -0.2) is 9.97 Å². The number of hydrogen-bond acceptors (Lipinski definition) is 6. The minimum absolute atomic E-state index is 0.0234. The number of pyridine rings is 3. The van der Waals surface area contributed by atoms with Crippen molar-refractivity contribution in [1.82, 2.24) is 20.3 Å². The number of hydrogen-bond donors (Lipinski definition) is 2. The third-order valence-corrected chi connectivity index (χ3v) is 7.44. The number of rotatable bonds is 5. The maximum absolute atomic E-state index is 13.2. The van der Waals surface area contributed by atoms with Crippen LogP contribution in [0.5, 0.6) is 0 Å². The van der Waals surface area contributed by atoms with Crippen molar-refractivity contribution in [2.45, 2.75) is 36.3 Å². The molecule has 0 bridgehead atoms. The molecule has 1 saturated heterocycles. The number of anilines is 1. The summed E-state index contributed by atoms with van der Waals surface area (Å²) in [6.45, 7) is 3.45. The number of aromatic nitrogens is 3. The molecule has 0 aliphatic carbocycles. The Kier molecular flexibility index (Phi) is 6.24. The Balaban J connectivity index is 1.43. The number of carbonyl (C=O) groups is 1. The Labute approximate surface area is 183 Å². The second-order valence-corrected chi connectivity index (χ2v) is 9.28. The van der Waals surface area contributed by atoms with Crippen LogP contribution >= 0.6 is 0 Å². The second kappa shape index (κ2) is 9.07. The molecule has 3 aromatic heterocycles. The molecule has 8 nitrogen and oxygen atoms in total. The van der Waals surface area contributed by atoms with Crippen molar-refractivity contribution < 1.29 is 9.35 Å². The highest BCUT2D eigenvalue weighted by Crippen LogP contribution is 2.28. The molecular weight excluding hydrogens is 414 g/mol. The zero-order valence-corrected chi connectivity index (χ0v) is 18.4. The van der Waals surface area contributed by atoms with Gasteiger partial charge in [-0.05, 0) is 35.8 Å². The van der Waals surface area contributed by atoms with Gasteiger partial charge in [0, 0.05) is 44.6 Å². The van der Waals surface area contributed by atoms with Gasteiger partial charge in [0.2, 0.25) is 0 Å². The van der Waals surface area contributed by atoms with E-state index in [0.29, 0.717) is 33.6 Å². The van der Waals surface area contributed by atoms with E-state index >= 15 is 0 Å². The van der Waals surface area contributed by atoms with Crippen LogP contribution in [-0.2, 0) is 17.6 Å². The normalized spacial score (nSPS) is 15.8. The number of nitrogens with zero attached hydrogens (tertiary/aromatic N) is 3. The van der Waals surface area contributed by atoms with Crippen LogP contribution in [0.3, 0.4) is 0 Å². The van der Waals surface area contributed by atoms with Crippen LogP contribution in [-0.4, -0.2) is 50.8 Å². The third kappa shape index (κ3) is 4.42. The van der Waals surface area contributed by atoms with Gasteiger partial charge in [-0.3, -0.25) is 9.59 Å². The molecule has 0 radical (unpaired) electrons. The SMILES string of the molecule is CCc1cc2ncc([S@+]([O-])C3CCN(c4ccc(C(=O)NC)nc4)CC3)cc2[nH]c1=O. The number of nitrogens with one attached hydrogen (secondary N) is 2. The van der Waals surface area contributed by atoms with Crippen LogP contribution in [0.4, 0.5) is 5.69 Å². The quantitative estimate of drug-likeness (QED) is 0.588. The standard InChI is InChI=1S/C22H25N5O3S/c1-3-14-10-19-20(26-21(14)28)11-17(13-25-19)31(30)16-6-8-27(9-7-16)15-4-5-18(24-12-15)22(29)23-2/h4-5,10-13,16H,3,6-9H2,1-2H3,(H,23,29)(H,26,28)/t31-/m1/s1. The van der Waals surface area contributed by atoms with Crippen LogP contribution in [0.2, 0.25) is 0 Å². The lowest BCUT2D eigenvalue weighted by Gasteiger charge is -2.33. The highest BCUT2D eigenvalue weighted by molar-refractivity contribution is 7.92. The summed E-state index contributed by atoms with van der Waals surface area (Å²) in [5.41, 5.74) is 3.24. The van der Waals surface area contributed by atoms with E-state index in [-0.39, 0.29) is 16.7 Å². The smallest absolute Gasteiger partial charge is 0.269 e. The number of fused-ring (bicyclic) bond motifs is 1. The van der Waals surface area contributed by atoms with Crippen LogP contribution < -0.4 is 15.8 Å². The first kappa shape index (κ1) is 21.3. The molecule has 162 valence electrons. The summed E-state index contributed by atoms with van der Waals surface area (Å²) >= 11 is -1.20. The minimum Gasteiger partial charge on any atom is -0.611 e. The lowest BCUT2D eigenvalue weighted by atomic mass is 10.1. The van der Waals surface area contributed by atoms with Gasteiger partial charge in [0.1, 0.15) is 10.9 Å². The Hall–Kier alpha value is -2.91. The predicted octanol–water partition coefficient (Wildman–Crippen LogP) is 2.02. The fraction of sp³-hybridized carbons (Fsp3) is 0.364. The van der Waals surface area contributed by atoms with Gasteiger partial charge in [0.25, 0.3) is 11.5 Å². The van der Waals surface area contributed by atoms with Gasteiger partial charge in [-0.2, -0.15) is 0 Å². The second-order valence-electron chi connectivity index (χ2n) is 7.55. The van der Waals surface area contributed by atoms with Crippen molar-refractivity contribution in [1.29, 1.82) is 0 Å². The summed E-state index contributed by atoms with van der Waals surface area (Å²) in [6, 6.07) is 7.18. The van der Waals surface area contributed by atoms with Gasteiger partial charge >= 0.3 is 0 Å². The fourth-order valence-corrected chi connectivity index (χ4v) is 5.25. The molecular formula is C22H25N5O3S. The Morgan fingerprint density at radius 1 is 1.26 bits per heavy atom. The molecule has 1 atom stereocenters. The lowest BCUT2D eigenvalue weighted by molar-refractivity contribution is 0.0958. The summed E-state index contributed by atoms with van der Waals surface area (Å²) in [4.78, 5) is 38.1. The van der Waals surface area contributed by atoms with Crippen LogP contribution in [0.1, 0.15) is 35.8 Å². The zero-order valence-electron chi connectivity index (χ0n) is 17.6. The molecule has 1 aliphatic heterocycles. The summed E-state index contributed by atoms with van der Waals surface area (Å²) in [5, 5.41) is 2.58. The van der Waals surface area contributed by atoms with Crippen molar-refractivity contribution in [3.05, 3.63) is 58.3 Å². The number of piperidine rings is 1. The average Bonchev–Trinajstić information content (AvgIpc) is 2.82. The van der Waals surface area contributed by atoms with Gasteiger partial charge in [0.05, 0.1) is 29.1 Å². The number of carbonyl (C=O) groups excluding carboxylic acids is 1. The Morgan fingerprint density at radius 3 is 2.68 bits per heavy atom. The lowest BCUT2D eigenvalue weighted by Crippen LogP contribution is -2.39. The van der Waals surface area contributed by atoms with Gasteiger partial charge in [-0.15, -0.1) is 0 Å². The molecule has 0 unspecified atom stereocenters. The largest absolute Gasteiger partial charge is 0.611 e. The van der Waals surface area contributed by atoms with Crippen molar-refractivity contribution in [3.63, 3.8) is 0 Å². The summed E-state index contributed by atoms with van der Waals surface area (Å²) in [7, 11) is 1.58. The van der Waals surface area contributed by atoms with Crippen molar-refractivity contribution >= 4 is 33.8 Å². The molecule has 9 heteroatoms. The van der Waals surface area contributed by atoms with E-state index in [2.05, 4.69) is 25.2 Å². The van der Waals surface area contributed by atoms with Gasteiger partial charge in [-0.1, -0.05) is 6.92 Å². The van der Waals surface area contributed by atoms with E-state index in [1.165, 1.54) is 0 Å². The zero-order chi connectivity index (χ0) is 22.0. The van der Waals surface area contributed by atoms with Crippen LogP contribution in [0.15, 0.2) is 46.3 Å². The molecule has 3 aromatic rings. The van der Waals surface area contributed by atoms with Crippen LogP contribution in [0, 0.1) is 0 Å². The molecule has 4 rings (SSSR count). The molecule has 1 aliphatic rings. The number of amides is 1. The minimum atomic E-state index is -1.20. The molecule has 1 amide bonds. The van der Waals surface area contributed by atoms with Gasteiger partial charge < -0.3 is 19.8 Å².